The summed E-state index contributed by atoms with van der Waals surface area (Å²) in [4.78, 5) is 20.5. The van der Waals surface area contributed by atoms with Gasteiger partial charge in [0.1, 0.15) is 11.6 Å². The van der Waals surface area contributed by atoms with E-state index in [2.05, 4.69) is 21.5 Å². The molecule has 0 bridgehead atoms. The van der Waals surface area contributed by atoms with Gasteiger partial charge < -0.3 is 4.90 Å². The highest BCUT2D eigenvalue weighted by Gasteiger charge is 2.29. The lowest BCUT2D eigenvalue weighted by atomic mass is 10.0. The molecule has 5 nitrogen and oxygen atoms in total. The summed E-state index contributed by atoms with van der Waals surface area (Å²) < 4.78 is 2.00. The predicted molar refractivity (Wildman–Crippen MR) is 91.5 cm³/mol. The van der Waals surface area contributed by atoms with Crippen molar-refractivity contribution in [3.8, 4) is 0 Å². The van der Waals surface area contributed by atoms with Gasteiger partial charge >= 0.3 is 0 Å². The van der Waals surface area contributed by atoms with Gasteiger partial charge in [0.2, 0.25) is 5.91 Å². The molecular weight excluding hydrogens is 308 g/mol. The van der Waals surface area contributed by atoms with Crippen molar-refractivity contribution in [2.45, 2.75) is 46.1 Å². The molecule has 1 aliphatic rings. The zero-order valence-electron chi connectivity index (χ0n) is 14.0. The van der Waals surface area contributed by atoms with Crippen LogP contribution >= 0.6 is 11.3 Å². The molecule has 0 N–H and O–H groups in total. The van der Waals surface area contributed by atoms with Crippen LogP contribution in [0.1, 0.15) is 42.3 Å². The second-order valence-corrected chi connectivity index (χ2v) is 7.45. The molecule has 1 fully saturated rings. The highest BCUT2D eigenvalue weighted by Crippen LogP contribution is 2.24. The number of aryl methyl sites for hydroxylation is 2. The molecule has 0 spiro atoms. The van der Waals surface area contributed by atoms with E-state index in [0.29, 0.717) is 0 Å². The molecule has 2 aromatic rings. The molecule has 124 valence electrons. The van der Waals surface area contributed by atoms with E-state index in [9.17, 15) is 4.79 Å². The number of rotatable bonds is 4. The van der Waals surface area contributed by atoms with Crippen molar-refractivity contribution in [2.24, 2.45) is 5.92 Å². The SMILES string of the molecule is Cc1nc(C)n([C@@H]2CCCN(C(=O)[C@@H](C)Cc3cccs3)C2)n1. The van der Waals surface area contributed by atoms with Crippen LogP contribution in [0.3, 0.4) is 0 Å². The van der Waals surface area contributed by atoms with E-state index in [1.165, 1.54) is 4.88 Å². The number of amides is 1. The molecule has 2 atom stereocenters. The standard InChI is InChI=1S/C17H24N4OS/c1-12(10-16-7-5-9-23-16)17(22)20-8-4-6-15(11-20)21-14(3)18-13(2)19-21/h5,7,9,12,15H,4,6,8,10-11H2,1-3H3/t12-,15+/m0/s1. The zero-order chi connectivity index (χ0) is 16.4. The molecule has 6 heteroatoms. The Bertz CT molecular complexity index is 664. The molecular formula is C17H24N4OS. The van der Waals surface area contributed by atoms with Gasteiger partial charge in [0, 0.05) is 23.9 Å². The first-order valence-corrected chi connectivity index (χ1v) is 9.13. The minimum absolute atomic E-state index is 0.0333. The Kier molecular flexibility index (Phi) is 4.80. The van der Waals surface area contributed by atoms with Crippen molar-refractivity contribution >= 4 is 17.2 Å². The highest BCUT2D eigenvalue weighted by atomic mass is 32.1. The average Bonchev–Trinajstić information content (AvgIpc) is 3.16. The second-order valence-electron chi connectivity index (χ2n) is 6.42. The molecule has 0 aromatic carbocycles. The van der Waals surface area contributed by atoms with E-state index in [-0.39, 0.29) is 17.9 Å². The van der Waals surface area contributed by atoms with Crippen LogP contribution in [0.5, 0.6) is 0 Å². The number of piperidine rings is 1. The fourth-order valence-corrected chi connectivity index (χ4v) is 4.20. The quantitative estimate of drug-likeness (QED) is 0.865. The van der Waals surface area contributed by atoms with Gasteiger partial charge in [-0.15, -0.1) is 11.3 Å². The Morgan fingerprint density at radius 3 is 2.96 bits per heavy atom. The van der Waals surface area contributed by atoms with Crippen molar-refractivity contribution in [1.29, 1.82) is 0 Å². The first kappa shape index (κ1) is 16.2. The number of nitrogens with zero attached hydrogens (tertiary/aromatic N) is 4. The Morgan fingerprint density at radius 1 is 1.48 bits per heavy atom. The monoisotopic (exact) mass is 332 g/mol. The minimum Gasteiger partial charge on any atom is -0.340 e. The van der Waals surface area contributed by atoms with Crippen LogP contribution in [-0.2, 0) is 11.2 Å². The van der Waals surface area contributed by atoms with Crippen molar-refractivity contribution in [2.75, 3.05) is 13.1 Å². The lowest BCUT2D eigenvalue weighted by molar-refractivity contribution is -0.136. The number of likely N-dealkylation sites (tertiary alicyclic amines) is 1. The van der Waals surface area contributed by atoms with Crippen LogP contribution in [0.4, 0.5) is 0 Å². The summed E-state index contributed by atoms with van der Waals surface area (Å²) in [5.74, 6) is 2.04. The zero-order valence-corrected chi connectivity index (χ0v) is 14.8. The van der Waals surface area contributed by atoms with Crippen molar-refractivity contribution < 1.29 is 4.79 Å². The Labute approximate surface area is 141 Å². The van der Waals surface area contributed by atoms with Crippen molar-refractivity contribution in [3.05, 3.63) is 34.0 Å². The molecule has 23 heavy (non-hydrogen) atoms. The Balaban J connectivity index is 1.65. The first-order chi connectivity index (χ1) is 11.0. The third kappa shape index (κ3) is 3.63. The van der Waals surface area contributed by atoms with Crippen molar-refractivity contribution in [1.82, 2.24) is 19.7 Å². The number of carbonyl (C=O) groups excluding carboxylic acids is 1. The number of hydrogen-bond donors (Lipinski definition) is 0. The molecule has 1 amide bonds. The second kappa shape index (κ2) is 6.83. The van der Waals surface area contributed by atoms with Gasteiger partial charge in [-0.3, -0.25) is 4.79 Å². The smallest absolute Gasteiger partial charge is 0.225 e. The molecule has 1 aliphatic heterocycles. The summed E-state index contributed by atoms with van der Waals surface area (Å²) in [7, 11) is 0. The molecule has 0 saturated carbocycles. The van der Waals surface area contributed by atoms with Gasteiger partial charge in [0.05, 0.1) is 6.04 Å². The van der Waals surface area contributed by atoms with Crippen LogP contribution in [-0.4, -0.2) is 38.7 Å². The minimum atomic E-state index is 0.0333. The summed E-state index contributed by atoms with van der Waals surface area (Å²) in [6.07, 6.45) is 2.92. The number of carbonyl (C=O) groups is 1. The third-order valence-electron chi connectivity index (χ3n) is 4.47. The van der Waals surface area contributed by atoms with Gasteiger partial charge in [0.25, 0.3) is 0 Å². The van der Waals surface area contributed by atoms with E-state index in [1.54, 1.807) is 11.3 Å². The average molecular weight is 332 g/mol. The van der Waals surface area contributed by atoms with E-state index in [1.807, 2.05) is 36.4 Å². The highest BCUT2D eigenvalue weighted by molar-refractivity contribution is 7.09. The maximum atomic E-state index is 12.8. The largest absolute Gasteiger partial charge is 0.340 e. The van der Waals surface area contributed by atoms with Crippen LogP contribution < -0.4 is 0 Å². The molecule has 2 aromatic heterocycles. The molecule has 3 rings (SSSR count). The van der Waals surface area contributed by atoms with Gasteiger partial charge in [-0.25, -0.2) is 9.67 Å². The van der Waals surface area contributed by atoms with Crippen LogP contribution in [0.15, 0.2) is 17.5 Å². The maximum Gasteiger partial charge on any atom is 0.225 e. The summed E-state index contributed by atoms with van der Waals surface area (Å²) >= 11 is 1.72. The van der Waals surface area contributed by atoms with Gasteiger partial charge in [-0.05, 0) is 44.6 Å². The Morgan fingerprint density at radius 2 is 2.30 bits per heavy atom. The van der Waals surface area contributed by atoms with Crippen molar-refractivity contribution in [3.63, 3.8) is 0 Å². The summed E-state index contributed by atoms with van der Waals surface area (Å²) in [5.41, 5.74) is 0. The third-order valence-corrected chi connectivity index (χ3v) is 5.37. The van der Waals surface area contributed by atoms with E-state index in [0.717, 1.165) is 44.0 Å². The normalized spacial score (nSPS) is 19.8. The molecule has 1 saturated heterocycles. The molecule has 0 aliphatic carbocycles. The predicted octanol–water partition coefficient (Wildman–Crippen LogP) is 3.00. The van der Waals surface area contributed by atoms with E-state index in [4.69, 9.17) is 0 Å². The van der Waals surface area contributed by atoms with Gasteiger partial charge in [0.15, 0.2) is 0 Å². The fourth-order valence-electron chi connectivity index (χ4n) is 3.37. The van der Waals surface area contributed by atoms with Gasteiger partial charge in [-0.1, -0.05) is 13.0 Å². The van der Waals surface area contributed by atoms with Gasteiger partial charge in [-0.2, -0.15) is 5.10 Å². The lowest BCUT2D eigenvalue weighted by Crippen LogP contribution is -2.43. The Hall–Kier alpha value is -1.69. The molecule has 0 radical (unpaired) electrons. The summed E-state index contributed by atoms with van der Waals surface area (Å²) in [6.45, 7) is 7.54. The van der Waals surface area contributed by atoms with Crippen LogP contribution in [0.2, 0.25) is 0 Å². The fraction of sp³-hybridized carbons (Fsp3) is 0.588. The maximum absolute atomic E-state index is 12.8. The number of thiophene rings is 1. The number of aromatic nitrogens is 3. The van der Waals surface area contributed by atoms with Crippen LogP contribution in [0.25, 0.3) is 0 Å². The topological polar surface area (TPSA) is 51.0 Å². The molecule has 3 heterocycles. The summed E-state index contributed by atoms with van der Waals surface area (Å²) in [6, 6.07) is 4.40. The van der Waals surface area contributed by atoms with E-state index >= 15 is 0 Å². The number of hydrogen-bond acceptors (Lipinski definition) is 4. The lowest BCUT2D eigenvalue weighted by Gasteiger charge is -2.34. The molecule has 0 unspecified atom stereocenters. The summed E-state index contributed by atoms with van der Waals surface area (Å²) in [5, 5.41) is 6.57. The first-order valence-electron chi connectivity index (χ1n) is 8.25. The van der Waals surface area contributed by atoms with Crippen LogP contribution in [0, 0.1) is 19.8 Å². The van der Waals surface area contributed by atoms with E-state index < -0.39 is 0 Å².